The van der Waals surface area contributed by atoms with Crippen LogP contribution in [0.25, 0.3) is 10.6 Å². The van der Waals surface area contributed by atoms with Crippen molar-refractivity contribution in [3.63, 3.8) is 0 Å². The molecule has 3 heterocycles. The summed E-state index contributed by atoms with van der Waals surface area (Å²) >= 11 is 1.63. The Morgan fingerprint density at radius 1 is 1.28 bits per heavy atom. The highest BCUT2D eigenvalue weighted by Gasteiger charge is 2.21. The highest BCUT2D eigenvalue weighted by Crippen LogP contribution is 2.23. The van der Waals surface area contributed by atoms with Crippen molar-refractivity contribution >= 4 is 17.2 Å². The molecular weight excluding hydrogens is 334 g/mol. The molecule has 1 amide bonds. The molecule has 0 atom stereocenters. The average Bonchev–Trinajstić information content (AvgIpc) is 3.29. The molecule has 3 N–H and O–H groups in total. The third kappa shape index (κ3) is 3.47. The molecule has 0 saturated heterocycles. The lowest BCUT2D eigenvalue weighted by Gasteiger charge is -2.12. The number of benzene rings is 1. The Balaban J connectivity index is 1.34. The molecule has 0 unspecified atom stereocenters. The maximum Gasteiger partial charge on any atom is 0.272 e. The van der Waals surface area contributed by atoms with Gasteiger partial charge in [0.1, 0.15) is 5.01 Å². The molecule has 0 bridgehead atoms. The average molecular weight is 353 g/mol. The van der Waals surface area contributed by atoms with Crippen LogP contribution < -0.4 is 10.6 Å². The first-order chi connectivity index (χ1) is 12.3. The number of fused-ring (bicyclic) bond motifs is 1. The van der Waals surface area contributed by atoms with E-state index >= 15 is 0 Å². The Bertz CT molecular complexity index is 871. The maximum absolute atomic E-state index is 12.4. The van der Waals surface area contributed by atoms with Crippen molar-refractivity contribution < 1.29 is 4.79 Å². The van der Waals surface area contributed by atoms with Crippen LogP contribution in [0.2, 0.25) is 0 Å². The lowest BCUT2D eigenvalue weighted by molar-refractivity contribution is 0.0948. The minimum atomic E-state index is -0.125. The molecule has 1 aliphatic heterocycles. The van der Waals surface area contributed by atoms with E-state index in [-0.39, 0.29) is 5.91 Å². The largest absolute Gasteiger partial charge is 0.350 e. The van der Waals surface area contributed by atoms with E-state index in [1.54, 1.807) is 11.3 Å². The SMILES string of the molecule is O=C(NCCc1csc(-c2ccccc2)n1)c1n[nH]c2c1CNCC2. The minimum absolute atomic E-state index is 0.125. The molecule has 0 aliphatic carbocycles. The Morgan fingerprint density at radius 2 is 2.16 bits per heavy atom. The Kier molecular flexibility index (Phi) is 4.58. The summed E-state index contributed by atoms with van der Waals surface area (Å²) in [6.45, 7) is 2.16. The first-order valence-electron chi connectivity index (χ1n) is 8.36. The molecule has 4 rings (SSSR count). The summed E-state index contributed by atoms with van der Waals surface area (Å²) in [5.74, 6) is -0.125. The number of aromatic amines is 1. The number of amides is 1. The molecule has 128 valence electrons. The summed E-state index contributed by atoms with van der Waals surface area (Å²) < 4.78 is 0. The van der Waals surface area contributed by atoms with E-state index < -0.39 is 0 Å². The number of hydrogen-bond donors (Lipinski definition) is 3. The fraction of sp³-hybridized carbons (Fsp3) is 0.278. The van der Waals surface area contributed by atoms with E-state index in [0.717, 1.165) is 40.5 Å². The standard InChI is InChI=1S/C18H19N5OS/c24-17(16-14-10-19-8-7-15(14)22-23-16)20-9-6-13-11-25-18(21-13)12-4-2-1-3-5-12/h1-5,11,19H,6-10H2,(H,20,24)(H,22,23). The Morgan fingerprint density at radius 3 is 3.04 bits per heavy atom. The molecule has 1 aliphatic rings. The number of nitrogens with one attached hydrogen (secondary N) is 3. The Hall–Kier alpha value is -2.51. The van der Waals surface area contributed by atoms with Gasteiger partial charge in [0.2, 0.25) is 0 Å². The van der Waals surface area contributed by atoms with Gasteiger partial charge in [-0.1, -0.05) is 30.3 Å². The second-order valence-corrected chi connectivity index (χ2v) is 6.83. The van der Waals surface area contributed by atoms with Crippen LogP contribution in [-0.2, 0) is 19.4 Å². The van der Waals surface area contributed by atoms with Gasteiger partial charge in [0.15, 0.2) is 5.69 Å². The van der Waals surface area contributed by atoms with E-state index in [0.29, 0.717) is 25.2 Å². The molecule has 25 heavy (non-hydrogen) atoms. The van der Waals surface area contributed by atoms with Crippen molar-refractivity contribution in [1.82, 2.24) is 25.8 Å². The molecule has 0 saturated carbocycles. The number of rotatable bonds is 5. The molecule has 2 aromatic heterocycles. The van der Waals surface area contributed by atoms with Crippen molar-refractivity contribution in [2.45, 2.75) is 19.4 Å². The molecular formula is C18H19N5OS. The molecule has 0 spiro atoms. The quantitative estimate of drug-likeness (QED) is 0.656. The molecule has 0 radical (unpaired) electrons. The number of nitrogens with zero attached hydrogens (tertiary/aromatic N) is 2. The van der Waals surface area contributed by atoms with Crippen LogP contribution >= 0.6 is 11.3 Å². The van der Waals surface area contributed by atoms with Crippen LogP contribution in [0.5, 0.6) is 0 Å². The van der Waals surface area contributed by atoms with Gasteiger partial charge < -0.3 is 10.6 Å². The molecule has 0 fully saturated rings. The van der Waals surface area contributed by atoms with E-state index in [9.17, 15) is 4.79 Å². The summed E-state index contributed by atoms with van der Waals surface area (Å²) in [7, 11) is 0. The maximum atomic E-state index is 12.4. The fourth-order valence-electron chi connectivity index (χ4n) is 2.94. The predicted molar refractivity (Wildman–Crippen MR) is 97.6 cm³/mol. The molecule has 7 heteroatoms. The zero-order chi connectivity index (χ0) is 17.1. The summed E-state index contributed by atoms with van der Waals surface area (Å²) in [5.41, 5.74) is 4.68. The van der Waals surface area contributed by atoms with Gasteiger partial charge in [-0.05, 0) is 0 Å². The van der Waals surface area contributed by atoms with Crippen LogP contribution in [-0.4, -0.2) is 34.2 Å². The predicted octanol–water partition coefficient (Wildman–Crippen LogP) is 2.15. The molecule has 1 aromatic carbocycles. The summed E-state index contributed by atoms with van der Waals surface area (Å²) in [4.78, 5) is 17.0. The minimum Gasteiger partial charge on any atom is -0.350 e. The fourth-order valence-corrected chi connectivity index (χ4v) is 3.80. The van der Waals surface area contributed by atoms with Crippen LogP contribution in [0.4, 0.5) is 0 Å². The van der Waals surface area contributed by atoms with Gasteiger partial charge in [0.25, 0.3) is 5.91 Å². The first kappa shape index (κ1) is 16.0. The van der Waals surface area contributed by atoms with E-state index in [2.05, 4.69) is 43.3 Å². The van der Waals surface area contributed by atoms with E-state index in [4.69, 9.17) is 0 Å². The third-order valence-electron chi connectivity index (χ3n) is 4.26. The zero-order valence-electron chi connectivity index (χ0n) is 13.7. The number of hydrogen-bond acceptors (Lipinski definition) is 5. The van der Waals surface area contributed by atoms with Gasteiger partial charge in [-0.25, -0.2) is 4.98 Å². The van der Waals surface area contributed by atoms with Crippen LogP contribution in [0.15, 0.2) is 35.7 Å². The molecule has 3 aromatic rings. The number of thiazole rings is 1. The second-order valence-electron chi connectivity index (χ2n) is 5.97. The van der Waals surface area contributed by atoms with Crippen molar-refractivity contribution in [1.29, 1.82) is 0 Å². The van der Waals surface area contributed by atoms with Gasteiger partial charge in [-0.15, -0.1) is 11.3 Å². The lowest BCUT2D eigenvalue weighted by Crippen LogP contribution is -2.29. The van der Waals surface area contributed by atoms with Crippen molar-refractivity contribution in [2.75, 3.05) is 13.1 Å². The smallest absolute Gasteiger partial charge is 0.272 e. The Labute approximate surface area is 149 Å². The highest BCUT2D eigenvalue weighted by molar-refractivity contribution is 7.13. The number of carbonyl (C=O) groups excluding carboxylic acids is 1. The van der Waals surface area contributed by atoms with Crippen LogP contribution in [0.1, 0.15) is 27.4 Å². The summed E-state index contributed by atoms with van der Waals surface area (Å²) in [5, 5.41) is 16.4. The monoisotopic (exact) mass is 353 g/mol. The van der Waals surface area contributed by atoms with Gasteiger partial charge >= 0.3 is 0 Å². The van der Waals surface area contributed by atoms with Gasteiger partial charge in [0.05, 0.1) is 5.69 Å². The van der Waals surface area contributed by atoms with Gasteiger partial charge in [-0.2, -0.15) is 5.10 Å². The first-order valence-corrected chi connectivity index (χ1v) is 9.24. The lowest BCUT2D eigenvalue weighted by atomic mass is 10.1. The van der Waals surface area contributed by atoms with Crippen LogP contribution in [0.3, 0.4) is 0 Å². The van der Waals surface area contributed by atoms with Crippen LogP contribution in [0, 0.1) is 0 Å². The van der Waals surface area contributed by atoms with Crippen molar-refractivity contribution in [3.8, 4) is 10.6 Å². The molecule has 6 nitrogen and oxygen atoms in total. The topological polar surface area (TPSA) is 82.7 Å². The summed E-state index contributed by atoms with van der Waals surface area (Å²) in [6.07, 6.45) is 1.59. The normalized spacial score (nSPS) is 13.4. The van der Waals surface area contributed by atoms with Crippen molar-refractivity contribution in [3.05, 3.63) is 58.4 Å². The van der Waals surface area contributed by atoms with E-state index in [1.807, 2.05) is 18.2 Å². The zero-order valence-corrected chi connectivity index (χ0v) is 14.5. The summed E-state index contributed by atoms with van der Waals surface area (Å²) in [6, 6.07) is 10.1. The van der Waals surface area contributed by atoms with E-state index in [1.165, 1.54) is 0 Å². The number of H-pyrrole nitrogens is 1. The van der Waals surface area contributed by atoms with Gasteiger partial charge in [-0.3, -0.25) is 9.89 Å². The number of aromatic nitrogens is 3. The third-order valence-corrected chi connectivity index (χ3v) is 5.20. The second kappa shape index (κ2) is 7.16. The highest BCUT2D eigenvalue weighted by atomic mass is 32.1. The number of carbonyl (C=O) groups is 1. The van der Waals surface area contributed by atoms with Crippen molar-refractivity contribution in [2.24, 2.45) is 0 Å². The van der Waals surface area contributed by atoms with Gasteiger partial charge in [0, 0.05) is 54.7 Å².